The van der Waals surface area contributed by atoms with Crippen molar-refractivity contribution in [3.05, 3.63) is 76.7 Å². The predicted molar refractivity (Wildman–Crippen MR) is 218 cm³/mol. The van der Waals surface area contributed by atoms with Crippen LogP contribution in [0.4, 0.5) is 16.0 Å². The Morgan fingerprint density at radius 2 is 1.74 bits per heavy atom. The third-order valence-electron chi connectivity index (χ3n) is 13.4. The molecule has 14 heteroatoms. The van der Waals surface area contributed by atoms with E-state index in [0.717, 1.165) is 98.3 Å². The monoisotopic (exact) mass is 789 g/mol. The first-order valence-corrected chi connectivity index (χ1v) is 21.0. The SMILES string of the molecule is C[C@@H]1Cc2c([nH]c3ccccc23)[C@@H](c2cnc(N3CCC(CN4CCN5c6ccc7c(c6OC[C@H]5C4)CN(C4CCC(=O)NC4=O)C7=O)CC3)nc2)N1CC(C)(C)F. The van der Waals surface area contributed by atoms with Crippen molar-refractivity contribution < 1.29 is 23.5 Å². The van der Waals surface area contributed by atoms with Crippen LogP contribution in [0, 0.1) is 5.92 Å². The molecular formula is C44H52FN9O4. The molecule has 3 amide bonds. The summed E-state index contributed by atoms with van der Waals surface area (Å²) in [5.74, 6) is 1.21. The summed E-state index contributed by atoms with van der Waals surface area (Å²) in [7, 11) is 0. The fourth-order valence-electron chi connectivity index (χ4n) is 10.6. The Balaban J connectivity index is 0.766. The van der Waals surface area contributed by atoms with Crippen molar-refractivity contribution >= 4 is 40.3 Å². The molecule has 1 unspecified atom stereocenters. The number of fused-ring (bicyclic) bond motifs is 8. The molecule has 4 atom stereocenters. The number of benzene rings is 2. The number of aromatic nitrogens is 3. The number of anilines is 2. The van der Waals surface area contributed by atoms with Crippen molar-refractivity contribution in [2.45, 2.75) is 89.3 Å². The van der Waals surface area contributed by atoms with Gasteiger partial charge in [-0.25, -0.2) is 14.4 Å². The number of ether oxygens (including phenoxy) is 1. The summed E-state index contributed by atoms with van der Waals surface area (Å²) in [6.45, 7) is 12.3. The van der Waals surface area contributed by atoms with Crippen LogP contribution in [0.25, 0.3) is 10.9 Å². The zero-order chi connectivity index (χ0) is 39.9. The molecule has 0 aliphatic carbocycles. The van der Waals surface area contributed by atoms with Crippen LogP contribution in [0.15, 0.2) is 48.8 Å². The largest absolute Gasteiger partial charge is 0.489 e. The Labute approximate surface area is 337 Å². The molecule has 10 rings (SSSR count). The second-order valence-electron chi connectivity index (χ2n) is 17.9. The summed E-state index contributed by atoms with van der Waals surface area (Å²) in [5, 5.41) is 3.62. The van der Waals surface area contributed by atoms with E-state index in [0.29, 0.717) is 37.6 Å². The molecule has 2 N–H and O–H groups in total. The van der Waals surface area contributed by atoms with E-state index in [1.807, 2.05) is 24.5 Å². The van der Waals surface area contributed by atoms with Gasteiger partial charge in [-0.15, -0.1) is 0 Å². The van der Waals surface area contributed by atoms with Crippen LogP contribution in [-0.2, 0) is 22.6 Å². The van der Waals surface area contributed by atoms with Gasteiger partial charge >= 0.3 is 0 Å². The number of aromatic amines is 1. The summed E-state index contributed by atoms with van der Waals surface area (Å²) >= 11 is 0. The van der Waals surface area contributed by atoms with Gasteiger partial charge < -0.3 is 24.4 Å². The van der Waals surface area contributed by atoms with Gasteiger partial charge in [0.05, 0.1) is 24.3 Å². The number of hydrogen-bond donors (Lipinski definition) is 2. The molecule has 0 spiro atoms. The second-order valence-corrected chi connectivity index (χ2v) is 17.9. The highest BCUT2D eigenvalue weighted by molar-refractivity contribution is 6.06. The summed E-state index contributed by atoms with van der Waals surface area (Å²) in [4.78, 5) is 62.4. The van der Waals surface area contributed by atoms with Crippen molar-refractivity contribution in [1.29, 1.82) is 0 Å². The quantitative estimate of drug-likeness (QED) is 0.257. The number of H-pyrrole nitrogens is 1. The van der Waals surface area contributed by atoms with Crippen LogP contribution >= 0.6 is 0 Å². The first-order chi connectivity index (χ1) is 28.0. The lowest BCUT2D eigenvalue weighted by molar-refractivity contribution is -0.136. The van der Waals surface area contributed by atoms with E-state index in [9.17, 15) is 14.4 Å². The fourth-order valence-corrected chi connectivity index (χ4v) is 10.6. The molecule has 3 fully saturated rings. The summed E-state index contributed by atoms with van der Waals surface area (Å²) in [6, 6.07) is 11.9. The zero-order valence-corrected chi connectivity index (χ0v) is 33.5. The van der Waals surface area contributed by atoms with E-state index < -0.39 is 17.6 Å². The highest BCUT2D eigenvalue weighted by atomic mass is 19.1. The Kier molecular flexibility index (Phi) is 9.19. The number of piperazine rings is 1. The maximum absolute atomic E-state index is 15.2. The Hall–Kier alpha value is -5.08. The van der Waals surface area contributed by atoms with Gasteiger partial charge in [-0.2, -0.15) is 0 Å². The summed E-state index contributed by atoms with van der Waals surface area (Å²) < 4.78 is 21.7. The minimum Gasteiger partial charge on any atom is -0.489 e. The number of alkyl halides is 1. The lowest BCUT2D eigenvalue weighted by Gasteiger charge is -2.47. The van der Waals surface area contributed by atoms with Gasteiger partial charge in [0, 0.05) is 104 Å². The number of amides is 3. The number of carbonyl (C=O) groups is 3. The predicted octanol–water partition coefficient (Wildman–Crippen LogP) is 4.60. The number of hydrogen-bond acceptors (Lipinski definition) is 10. The molecule has 2 aromatic heterocycles. The maximum atomic E-state index is 15.2. The molecule has 2 aromatic carbocycles. The number of halogens is 1. The topological polar surface area (TPSA) is 130 Å². The van der Waals surface area contributed by atoms with Crippen LogP contribution in [0.5, 0.6) is 5.75 Å². The normalized spacial score (nSPS) is 25.7. The Morgan fingerprint density at radius 3 is 2.52 bits per heavy atom. The van der Waals surface area contributed by atoms with E-state index >= 15 is 4.39 Å². The van der Waals surface area contributed by atoms with Crippen molar-refractivity contribution in [3.8, 4) is 5.75 Å². The second kappa shape index (κ2) is 14.3. The first kappa shape index (κ1) is 37.2. The van der Waals surface area contributed by atoms with Crippen molar-refractivity contribution in [2.24, 2.45) is 5.92 Å². The molecule has 13 nitrogen and oxygen atoms in total. The van der Waals surface area contributed by atoms with Crippen LogP contribution in [0.3, 0.4) is 0 Å². The van der Waals surface area contributed by atoms with E-state index in [4.69, 9.17) is 14.7 Å². The molecule has 3 saturated heterocycles. The number of imide groups is 1. The van der Waals surface area contributed by atoms with Crippen LogP contribution in [0.2, 0.25) is 0 Å². The standard InChI is InChI=1S/C44H52FN9O4/c1-26-18-32-30-6-4-5-7-34(30)48-38(32)39(54(26)25-44(2,3)45)28-19-46-43(47-20-28)51-14-12-27(13-15-51)21-50-16-17-52-29(22-50)24-58-40-33-23-53(36-10-11-37(55)49-41(36)56)42(57)31(33)8-9-35(40)52/h4-9,19-20,26-27,29,36,39,48H,10-18,21-25H2,1-3H3,(H,49,55,56)/t26-,29-,36?,39-/m1/s1. The van der Waals surface area contributed by atoms with E-state index in [1.165, 1.54) is 10.9 Å². The van der Waals surface area contributed by atoms with E-state index in [1.54, 1.807) is 18.7 Å². The van der Waals surface area contributed by atoms with Gasteiger partial charge in [0.2, 0.25) is 17.8 Å². The number of nitrogens with one attached hydrogen (secondary N) is 2. The Bertz CT molecular complexity index is 2260. The molecule has 0 saturated carbocycles. The molecule has 0 radical (unpaired) electrons. The highest BCUT2D eigenvalue weighted by Crippen LogP contribution is 2.44. The molecule has 6 aliphatic rings. The number of para-hydroxylation sites is 1. The van der Waals surface area contributed by atoms with Gasteiger partial charge in [0.25, 0.3) is 5.91 Å². The summed E-state index contributed by atoms with van der Waals surface area (Å²) in [5.41, 5.74) is 5.59. The van der Waals surface area contributed by atoms with E-state index in [2.05, 4.69) is 61.1 Å². The molecule has 58 heavy (non-hydrogen) atoms. The van der Waals surface area contributed by atoms with Crippen LogP contribution < -0.4 is 19.9 Å². The minimum absolute atomic E-state index is 0.155. The third kappa shape index (κ3) is 6.58. The van der Waals surface area contributed by atoms with Crippen LogP contribution in [0.1, 0.15) is 85.2 Å². The lowest BCUT2D eigenvalue weighted by Crippen LogP contribution is -2.58. The average molecular weight is 790 g/mol. The van der Waals surface area contributed by atoms with Crippen LogP contribution in [-0.4, -0.2) is 124 Å². The molecule has 0 bridgehead atoms. The smallest absolute Gasteiger partial charge is 0.255 e. The zero-order valence-electron chi connectivity index (χ0n) is 33.5. The van der Waals surface area contributed by atoms with Crippen molar-refractivity contribution in [2.75, 3.05) is 62.2 Å². The van der Waals surface area contributed by atoms with Gasteiger partial charge in [-0.3, -0.25) is 29.5 Å². The van der Waals surface area contributed by atoms with E-state index in [-0.39, 0.29) is 36.4 Å². The molecule has 8 heterocycles. The Morgan fingerprint density at radius 1 is 0.948 bits per heavy atom. The molecule has 6 aliphatic heterocycles. The van der Waals surface area contributed by atoms with Crippen molar-refractivity contribution in [3.63, 3.8) is 0 Å². The van der Waals surface area contributed by atoms with Gasteiger partial charge in [0.1, 0.15) is 24.1 Å². The number of carbonyl (C=O) groups excluding carboxylic acids is 3. The maximum Gasteiger partial charge on any atom is 0.255 e. The van der Waals surface area contributed by atoms with Gasteiger partial charge in [0.15, 0.2) is 0 Å². The molecule has 304 valence electrons. The number of nitrogens with zero attached hydrogens (tertiary/aromatic N) is 7. The number of piperidine rings is 2. The minimum atomic E-state index is -1.35. The van der Waals surface area contributed by atoms with Crippen molar-refractivity contribution in [1.82, 2.24) is 35.0 Å². The fraction of sp³-hybridized carbons (Fsp3) is 0.523. The van der Waals surface area contributed by atoms with Gasteiger partial charge in [-0.05, 0) is 76.1 Å². The molecular weight excluding hydrogens is 738 g/mol. The first-order valence-electron chi connectivity index (χ1n) is 21.0. The number of rotatable bonds is 7. The third-order valence-corrected chi connectivity index (χ3v) is 13.4. The molecule has 4 aromatic rings. The van der Waals surface area contributed by atoms with Gasteiger partial charge in [-0.1, -0.05) is 18.2 Å². The highest BCUT2D eigenvalue weighted by Gasteiger charge is 2.44. The lowest BCUT2D eigenvalue weighted by atomic mass is 9.88. The summed E-state index contributed by atoms with van der Waals surface area (Å²) in [6.07, 6.45) is 7.47. The average Bonchev–Trinajstić information content (AvgIpc) is 3.74.